The molecule has 2 rings (SSSR count). The minimum atomic E-state index is 0.388. The summed E-state index contributed by atoms with van der Waals surface area (Å²) < 4.78 is 11.5. The fourth-order valence-corrected chi connectivity index (χ4v) is 2.39. The first-order valence-corrected chi connectivity index (χ1v) is 8.33. The molecule has 0 saturated heterocycles. The highest BCUT2D eigenvalue weighted by atomic mass is 79.9. The van der Waals surface area contributed by atoms with Crippen LogP contribution in [-0.4, -0.2) is 25.0 Å². The maximum Gasteiger partial charge on any atom is 0.191 e. The van der Waals surface area contributed by atoms with Crippen LogP contribution in [0.5, 0.6) is 11.5 Å². The van der Waals surface area contributed by atoms with E-state index in [-0.39, 0.29) is 0 Å². The van der Waals surface area contributed by atoms with Crippen molar-refractivity contribution in [2.45, 2.75) is 6.92 Å². The number of rotatable bonds is 5. The molecule has 0 unspecified atom stereocenters. The van der Waals surface area contributed by atoms with Gasteiger partial charge in [-0.25, -0.2) is 0 Å². The predicted molar refractivity (Wildman–Crippen MR) is 105 cm³/mol. The van der Waals surface area contributed by atoms with Crippen molar-refractivity contribution < 1.29 is 9.47 Å². The van der Waals surface area contributed by atoms with E-state index in [1.165, 1.54) is 0 Å². The topological polar surface area (TPSA) is 54.9 Å². The van der Waals surface area contributed by atoms with Gasteiger partial charge in [0.1, 0.15) is 0 Å². The van der Waals surface area contributed by atoms with Crippen LogP contribution < -0.4 is 20.2 Å². The molecule has 5 nitrogen and oxygen atoms in total. The Morgan fingerprint density at radius 1 is 1.04 bits per heavy atom. The summed E-state index contributed by atoms with van der Waals surface area (Å²) in [7, 11) is 3.18. The van der Waals surface area contributed by atoms with E-state index in [0.29, 0.717) is 16.6 Å². The van der Waals surface area contributed by atoms with Crippen molar-refractivity contribution in [1.82, 2.24) is 5.43 Å². The van der Waals surface area contributed by atoms with Crippen LogP contribution in [0, 0.1) is 0 Å². The molecule has 2 N–H and O–H groups in total. The van der Waals surface area contributed by atoms with E-state index in [0.717, 1.165) is 21.4 Å². The summed E-state index contributed by atoms with van der Waals surface area (Å²) >= 11 is 8.67. The largest absolute Gasteiger partial charge is 0.493 e. The highest BCUT2D eigenvalue weighted by Gasteiger charge is 2.05. The van der Waals surface area contributed by atoms with Crippen molar-refractivity contribution in [3.05, 3.63) is 52.5 Å². The normalized spacial score (nSPS) is 10.9. The molecule has 0 fully saturated rings. The molecular weight excluding hydrogens is 390 g/mol. The van der Waals surface area contributed by atoms with Gasteiger partial charge in [-0.3, -0.25) is 5.43 Å². The molecule has 0 amide bonds. The Kier molecular flexibility index (Phi) is 6.57. The number of methoxy groups -OCH3 is 2. The first-order chi connectivity index (χ1) is 11.5. The van der Waals surface area contributed by atoms with Gasteiger partial charge in [0, 0.05) is 16.2 Å². The van der Waals surface area contributed by atoms with Gasteiger partial charge in [0.05, 0.1) is 19.9 Å². The Morgan fingerprint density at radius 2 is 1.71 bits per heavy atom. The van der Waals surface area contributed by atoms with Gasteiger partial charge < -0.3 is 14.8 Å². The molecule has 0 aliphatic heterocycles. The SMILES string of the molecule is COc1ccc(NC(=S)NN=C(C)c2ccc(Br)cc2)cc1OC. The number of hydrazone groups is 1. The van der Waals surface area contributed by atoms with E-state index in [9.17, 15) is 0 Å². The molecule has 2 aromatic carbocycles. The summed E-state index contributed by atoms with van der Waals surface area (Å²) in [5.41, 5.74) is 5.46. The van der Waals surface area contributed by atoms with Crippen molar-refractivity contribution in [3.63, 3.8) is 0 Å². The summed E-state index contributed by atoms with van der Waals surface area (Å²) in [6.45, 7) is 1.91. The van der Waals surface area contributed by atoms with Crippen LogP contribution >= 0.6 is 28.1 Å². The van der Waals surface area contributed by atoms with Crippen LogP contribution in [0.4, 0.5) is 5.69 Å². The zero-order chi connectivity index (χ0) is 17.5. The Balaban J connectivity index is 2.00. The number of hydrogen-bond donors (Lipinski definition) is 2. The molecule has 24 heavy (non-hydrogen) atoms. The number of anilines is 1. The third-order valence-corrected chi connectivity index (χ3v) is 3.95. The molecule has 0 heterocycles. The average molecular weight is 408 g/mol. The van der Waals surface area contributed by atoms with Crippen molar-refractivity contribution >= 4 is 44.7 Å². The van der Waals surface area contributed by atoms with Crippen LogP contribution in [0.3, 0.4) is 0 Å². The van der Waals surface area contributed by atoms with E-state index in [4.69, 9.17) is 21.7 Å². The van der Waals surface area contributed by atoms with E-state index in [2.05, 4.69) is 31.8 Å². The zero-order valence-corrected chi connectivity index (χ0v) is 16.0. The smallest absolute Gasteiger partial charge is 0.191 e. The van der Waals surface area contributed by atoms with E-state index >= 15 is 0 Å². The number of nitrogens with one attached hydrogen (secondary N) is 2. The van der Waals surface area contributed by atoms with Crippen molar-refractivity contribution in [2.75, 3.05) is 19.5 Å². The Labute approximate surface area is 155 Å². The van der Waals surface area contributed by atoms with E-state index in [1.54, 1.807) is 26.4 Å². The summed E-state index contributed by atoms with van der Waals surface area (Å²) in [5.74, 6) is 1.28. The first-order valence-electron chi connectivity index (χ1n) is 7.12. The molecule has 0 radical (unpaired) electrons. The second-order valence-corrected chi connectivity index (χ2v) is 6.16. The summed E-state index contributed by atoms with van der Waals surface area (Å²) in [5, 5.41) is 7.73. The monoisotopic (exact) mass is 407 g/mol. The molecule has 126 valence electrons. The Bertz CT molecular complexity index is 748. The quantitative estimate of drug-likeness (QED) is 0.442. The molecule has 0 saturated carbocycles. The molecule has 0 aliphatic rings. The lowest BCUT2D eigenvalue weighted by Crippen LogP contribution is -2.25. The molecule has 0 spiro atoms. The van der Waals surface area contributed by atoms with Gasteiger partial charge in [0.2, 0.25) is 0 Å². The minimum absolute atomic E-state index is 0.388. The summed E-state index contributed by atoms with van der Waals surface area (Å²) in [6, 6.07) is 13.4. The van der Waals surface area contributed by atoms with Gasteiger partial charge in [0.25, 0.3) is 0 Å². The number of halogens is 1. The van der Waals surface area contributed by atoms with Crippen molar-refractivity contribution in [3.8, 4) is 11.5 Å². The van der Waals surface area contributed by atoms with Gasteiger partial charge in [-0.05, 0) is 49.0 Å². The minimum Gasteiger partial charge on any atom is -0.493 e. The van der Waals surface area contributed by atoms with Crippen LogP contribution in [-0.2, 0) is 0 Å². The summed E-state index contributed by atoms with van der Waals surface area (Å²) in [4.78, 5) is 0. The number of hydrogen-bond acceptors (Lipinski definition) is 4. The highest BCUT2D eigenvalue weighted by Crippen LogP contribution is 2.29. The Morgan fingerprint density at radius 3 is 2.33 bits per heavy atom. The average Bonchev–Trinajstić information content (AvgIpc) is 2.60. The molecule has 0 bridgehead atoms. The number of thiocarbonyl (C=S) groups is 1. The third kappa shape index (κ3) is 4.94. The summed E-state index contributed by atoms with van der Waals surface area (Å²) in [6.07, 6.45) is 0. The van der Waals surface area contributed by atoms with Crippen LogP contribution in [0.25, 0.3) is 0 Å². The van der Waals surface area contributed by atoms with Crippen molar-refractivity contribution in [1.29, 1.82) is 0 Å². The molecule has 0 aromatic heterocycles. The number of benzene rings is 2. The molecular formula is C17H18BrN3O2S. The van der Waals surface area contributed by atoms with Gasteiger partial charge in [-0.15, -0.1) is 0 Å². The number of ether oxygens (including phenoxy) is 2. The fourth-order valence-electron chi connectivity index (χ4n) is 1.96. The van der Waals surface area contributed by atoms with Gasteiger partial charge in [0.15, 0.2) is 16.6 Å². The van der Waals surface area contributed by atoms with Crippen LogP contribution in [0.2, 0.25) is 0 Å². The van der Waals surface area contributed by atoms with E-state index in [1.807, 2.05) is 37.3 Å². The zero-order valence-electron chi connectivity index (χ0n) is 13.6. The van der Waals surface area contributed by atoms with Gasteiger partial charge in [-0.2, -0.15) is 5.10 Å². The lowest BCUT2D eigenvalue weighted by molar-refractivity contribution is 0.355. The molecule has 0 aliphatic carbocycles. The lowest BCUT2D eigenvalue weighted by Gasteiger charge is -2.12. The molecule has 7 heteroatoms. The van der Waals surface area contributed by atoms with Crippen molar-refractivity contribution in [2.24, 2.45) is 5.10 Å². The molecule has 0 atom stereocenters. The lowest BCUT2D eigenvalue weighted by atomic mass is 10.1. The fraction of sp³-hybridized carbons (Fsp3) is 0.176. The number of nitrogens with zero attached hydrogens (tertiary/aromatic N) is 1. The Hall–Kier alpha value is -2.12. The highest BCUT2D eigenvalue weighted by molar-refractivity contribution is 9.10. The maximum atomic E-state index is 5.26. The maximum absolute atomic E-state index is 5.26. The predicted octanol–water partition coefficient (Wildman–Crippen LogP) is 4.18. The second-order valence-electron chi connectivity index (χ2n) is 4.84. The third-order valence-electron chi connectivity index (χ3n) is 3.23. The standard InChI is InChI=1S/C17H18BrN3O2S/c1-11(12-4-6-13(18)7-5-12)20-21-17(24)19-14-8-9-15(22-2)16(10-14)23-3/h4-10H,1-3H3,(H2,19,21,24). The first kappa shape index (κ1) is 18.2. The van der Waals surface area contributed by atoms with Crippen LogP contribution in [0.1, 0.15) is 12.5 Å². The van der Waals surface area contributed by atoms with Gasteiger partial charge >= 0.3 is 0 Å². The molecule has 2 aromatic rings. The second kappa shape index (κ2) is 8.65. The van der Waals surface area contributed by atoms with E-state index < -0.39 is 0 Å². The van der Waals surface area contributed by atoms with Crippen LogP contribution in [0.15, 0.2) is 52.0 Å². The van der Waals surface area contributed by atoms with Gasteiger partial charge in [-0.1, -0.05) is 28.1 Å².